The zero-order valence-corrected chi connectivity index (χ0v) is 10.5. The van der Waals surface area contributed by atoms with Crippen LogP contribution in [0, 0.1) is 0 Å². The van der Waals surface area contributed by atoms with Crippen molar-refractivity contribution in [2.45, 2.75) is 13.0 Å². The summed E-state index contributed by atoms with van der Waals surface area (Å²) < 4.78 is 19.9. The van der Waals surface area contributed by atoms with E-state index < -0.39 is 39.0 Å². The third-order valence-corrected chi connectivity index (χ3v) is 10.3. The van der Waals surface area contributed by atoms with Gasteiger partial charge in [0.2, 0.25) is 0 Å². The molecule has 0 saturated carbocycles. The predicted molar refractivity (Wildman–Crippen MR) is 47.1 cm³/mol. The first-order valence-corrected chi connectivity index (χ1v) is 8.62. The molecule has 0 aromatic heterocycles. The standard InChI is InChI=1S/C4H8O6Si3/c1-2-12-8-11-9-13(10-12)3(5)7-4(13)6/h12H,2,11H2,1H3. The SMILES string of the molecule is CC[SiH]1O[SiH2]O[Si]2(O1)C(=O)OC2=O. The average molecular weight is 236 g/mol. The molecule has 1 atom stereocenters. The summed E-state index contributed by atoms with van der Waals surface area (Å²) in [7, 11) is -6.22. The predicted octanol–water partition coefficient (Wildman–Crippen LogP) is -0.835. The highest BCUT2D eigenvalue weighted by molar-refractivity contribution is 7.24. The van der Waals surface area contributed by atoms with E-state index in [9.17, 15) is 9.59 Å². The normalized spacial score (nSPS) is 33.2. The number of rotatable bonds is 1. The first kappa shape index (κ1) is 9.23. The van der Waals surface area contributed by atoms with Gasteiger partial charge in [-0.2, -0.15) is 0 Å². The van der Waals surface area contributed by atoms with Crippen LogP contribution in [0.1, 0.15) is 6.92 Å². The van der Waals surface area contributed by atoms with Crippen molar-refractivity contribution >= 4 is 39.0 Å². The molecule has 1 spiro atoms. The van der Waals surface area contributed by atoms with E-state index in [0.29, 0.717) is 0 Å². The summed E-state index contributed by atoms with van der Waals surface area (Å²) in [4.78, 5) is 22.1. The van der Waals surface area contributed by atoms with Crippen molar-refractivity contribution < 1.29 is 26.7 Å². The van der Waals surface area contributed by atoms with E-state index in [4.69, 9.17) is 12.3 Å². The van der Waals surface area contributed by atoms with E-state index >= 15 is 0 Å². The Morgan fingerprint density at radius 3 is 2.69 bits per heavy atom. The van der Waals surface area contributed by atoms with E-state index in [1.807, 2.05) is 6.92 Å². The molecule has 0 N–H and O–H groups in total. The maximum Gasteiger partial charge on any atom is 0.565 e. The van der Waals surface area contributed by atoms with Gasteiger partial charge < -0.3 is 17.1 Å². The lowest BCUT2D eigenvalue weighted by atomic mass is 11.0. The van der Waals surface area contributed by atoms with E-state index in [-0.39, 0.29) is 0 Å². The third-order valence-electron chi connectivity index (χ3n) is 1.87. The number of cyclic esters (lactones) is 2. The summed E-state index contributed by atoms with van der Waals surface area (Å²) in [5, 5.41) is 0. The molecule has 2 fully saturated rings. The molecule has 72 valence electrons. The van der Waals surface area contributed by atoms with Crippen LogP contribution in [0.5, 0.6) is 0 Å². The second-order valence-corrected chi connectivity index (χ2v) is 10.1. The first-order chi connectivity index (χ1) is 6.19. The fourth-order valence-electron chi connectivity index (χ4n) is 1.12. The number of carbonyl (C=O) groups excluding carboxylic acids is 2. The maximum atomic E-state index is 11.0. The van der Waals surface area contributed by atoms with Crippen LogP contribution in [-0.2, 0) is 17.1 Å². The van der Waals surface area contributed by atoms with Gasteiger partial charge in [0.05, 0.1) is 0 Å². The van der Waals surface area contributed by atoms with Crippen LogP contribution in [-0.4, -0.2) is 39.0 Å². The van der Waals surface area contributed by atoms with Gasteiger partial charge in [0, 0.05) is 0 Å². The molecule has 1 unspecified atom stereocenters. The zero-order valence-electron chi connectivity index (χ0n) is 6.94. The van der Waals surface area contributed by atoms with E-state index in [1.165, 1.54) is 0 Å². The summed E-state index contributed by atoms with van der Waals surface area (Å²) in [5.41, 5.74) is -1.20. The highest BCUT2D eigenvalue weighted by atomic mass is 28.5. The third kappa shape index (κ3) is 1.24. The second-order valence-electron chi connectivity index (χ2n) is 2.68. The molecule has 2 rings (SSSR count). The minimum absolute atomic E-state index is 0.598. The van der Waals surface area contributed by atoms with Crippen LogP contribution in [0.3, 0.4) is 0 Å². The summed E-state index contributed by atoms with van der Waals surface area (Å²) in [6, 6.07) is 0.742. The van der Waals surface area contributed by atoms with Gasteiger partial charge in [-0.15, -0.1) is 0 Å². The van der Waals surface area contributed by atoms with Crippen molar-refractivity contribution in [3.05, 3.63) is 0 Å². The Kier molecular flexibility index (Phi) is 2.21. The average Bonchev–Trinajstić information content (AvgIpc) is 2.18. The molecule has 9 heteroatoms. The Balaban J connectivity index is 2.14. The largest absolute Gasteiger partial charge is 0.565 e. The molecule has 2 saturated heterocycles. The maximum absolute atomic E-state index is 11.0. The van der Waals surface area contributed by atoms with Crippen LogP contribution in [0.4, 0.5) is 9.59 Å². The number of carbonyl (C=O) groups is 2. The van der Waals surface area contributed by atoms with Crippen LogP contribution in [0.15, 0.2) is 0 Å². The Hall–Kier alpha value is -0.329. The fraction of sp³-hybridized carbons (Fsp3) is 0.500. The van der Waals surface area contributed by atoms with E-state index in [0.717, 1.165) is 6.04 Å². The molecule has 0 aliphatic carbocycles. The Bertz CT molecular complexity index is 253. The van der Waals surface area contributed by atoms with Crippen molar-refractivity contribution in [3.8, 4) is 0 Å². The summed E-state index contributed by atoms with van der Waals surface area (Å²) in [6.45, 7) is 1.91. The molecule has 2 aliphatic heterocycles. The lowest BCUT2D eigenvalue weighted by Gasteiger charge is -2.38. The van der Waals surface area contributed by atoms with Crippen molar-refractivity contribution in [1.82, 2.24) is 0 Å². The monoisotopic (exact) mass is 236 g/mol. The van der Waals surface area contributed by atoms with E-state index in [2.05, 4.69) is 4.74 Å². The van der Waals surface area contributed by atoms with E-state index in [1.54, 1.807) is 0 Å². The molecular formula is C4H8O6Si3. The molecule has 0 aromatic rings. The molecule has 2 aliphatic rings. The van der Waals surface area contributed by atoms with Crippen molar-refractivity contribution in [3.63, 3.8) is 0 Å². The number of hydrogen-bond donors (Lipinski definition) is 0. The smallest absolute Gasteiger partial charge is 0.422 e. The van der Waals surface area contributed by atoms with Crippen molar-refractivity contribution in [2.24, 2.45) is 0 Å². The topological polar surface area (TPSA) is 71.1 Å². The quantitative estimate of drug-likeness (QED) is 0.437. The molecule has 6 nitrogen and oxygen atoms in total. The fourth-order valence-corrected chi connectivity index (χ4v) is 10.3. The molecule has 0 radical (unpaired) electrons. The molecule has 0 amide bonds. The summed E-state index contributed by atoms with van der Waals surface area (Å²) >= 11 is 0. The van der Waals surface area contributed by atoms with Gasteiger partial charge in [-0.1, -0.05) is 6.92 Å². The number of ether oxygens (including phenoxy) is 1. The van der Waals surface area contributed by atoms with Gasteiger partial charge in [-0.3, -0.25) is 9.59 Å². The Morgan fingerprint density at radius 2 is 2.15 bits per heavy atom. The highest BCUT2D eigenvalue weighted by Crippen LogP contribution is 2.27. The van der Waals surface area contributed by atoms with Gasteiger partial charge in [-0.05, 0) is 6.04 Å². The van der Waals surface area contributed by atoms with Crippen LogP contribution in [0.2, 0.25) is 6.04 Å². The van der Waals surface area contributed by atoms with Crippen molar-refractivity contribution in [2.75, 3.05) is 0 Å². The highest BCUT2D eigenvalue weighted by Gasteiger charge is 2.70. The first-order valence-electron chi connectivity index (χ1n) is 3.89. The van der Waals surface area contributed by atoms with Crippen LogP contribution in [0.25, 0.3) is 0 Å². The lowest BCUT2D eigenvalue weighted by molar-refractivity contribution is 0.136. The summed E-state index contributed by atoms with van der Waals surface area (Å²) in [6.07, 6.45) is 0. The Labute approximate surface area is 79.3 Å². The van der Waals surface area contributed by atoms with Gasteiger partial charge in [0.1, 0.15) is 0 Å². The van der Waals surface area contributed by atoms with Gasteiger partial charge in [0.15, 0.2) is 0 Å². The van der Waals surface area contributed by atoms with Crippen LogP contribution >= 0.6 is 0 Å². The lowest BCUT2D eigenvalue weighted by Crippen LogP contribution is -2.72. The molecule has 0 bridgehead atoms. The molecule has 0 aromatic carbocycles. The minimum Gasteiger partial charge on any atom is -0.422 e. The molecular weight excluding hydrogens is 228 g/mol. The zero-order chi connectivity index (χ0) is 9.47. The molecule has 13 heavy (non-hydrogen) atoms. The summed E-state index contributed by atoms with van der Waals surface area (Å²) in [5.74, 6) is 0. The molecule has 2 heterocycles. The van der Waals surface area contributed by atoms with Gasteiger partial charge in [0.25, 0.3) is 10.0 Å². The van der Waals surface area contributed by atoms with Gasteiger partial charge >= 0.3 is 29.0 Å². The Morgan fingerprint density at radius 1 is 1.46 bits per heavy atom. The number of hydrogen-bond acceptors (Lipinski definition) is 6. The second kappa shape index (κ2) is 3.11. The van der Waals surface area contributed by atoms with Crippen molar-refractivity contribution in [1.29, 1.82) is 0 Å². The van der Waals surface area contributed by atoms with Crippen LogP contribution < -0.4 is 0 Å². The van der Waals surface area contributed by atoms with Gasteiger partial charge in [-0.25, -0.2) is 0 Å². The minimum atomic E-state index is -3.22.